The van der Waals surface area contributed by atoms with Crippen molar-refractivity contribution >= 4 is 8.32 Å². The quantitative estimate of drug-likeness (QED) is 0.272. The Bertz CT molecular complexity index is 557. The van der Waals surface area contributed by atoms with Crippen LogP contribution >= 0.6 is 0 Å². The highest BCUT2D eigenvalue weighted by Crippen LogP contribution is 2.59. The molecule has 0 unspecified atom stereocenters. The first kappa shape index (κ1) is 25.1. The highest BCUT2D eigenvalue weighted by atomic mass is 28.4. The Kier molecular flexibility index (Phi) is 7.91. The first-order valence-corrected chi connectivity index (χ1v) is 14.7. The molecule has 5 atom stereocenters. The average Bonchev–Trinajstić information content (AvgIpc) is 2.90. The van der Waals surface area contributed by atoms with Gasteiger partial charge in [0.2, 0.25) is 0 Å². The molecule has 2 fully saturated rings. The fourth-order valence-corrected chi connectivity index (χ4v) is 6.89. The summed E-state index contributed by atoms with van der Waals surface area (Å²) in [5.74, 6) is 1.99. The summed E-state index contributed by atoms with van der Waals surface area (Å²) >= 11 is 0. The third-order valence-corrected chi connectivity index (χ3v) is 12.6. The predicted octanol–water partition coefficient (Wildman–Crippen LogP) is 6.57. The largest absolute Gasteiger partial charge is 0.414 e. The summed E-state index contributed by atoms with van der Waals surface area (Å²) in [5.41, 5.74) is -0.365. The fourth-order valence-electron chi connectivity index (χ4n) is 5.50. The molecule has 2 saturated carbocycles. The van der Waals surface area contributed by atoms with E-state index >= 15 is 0 Å². The molecule has 0 amide bonds. The maximum Gasteiger partial charge on any atom is 0.192 e. The zero-order valence-electron chi connectivity index (χ0n) is 20.7. The van der Waals surface area contributed by atoms with Gasteiger partial charge in [0.25, 0.3) is 0 Å². The molecule has 0 heterocycles. The van der Waals surface area contributed by atoms with Gasteiger partial charge in [-0.3, -0.25) is 0 Å². The van der Waals surface area contributed by atoms with Crippen molar-refractivity contribution in [1.82, 2.24) is 0 Å². The second-order valence-electron chi connectivity index (χ2n) is 12.2. The molecular weight excluding hydrogens is 376 g/mol. The summed E-state index contributed by atoms with van der Waals surface area (Å²) in [5, 5.41) is 10.0. The van der Waals surface area contributed by atoms with Gasteiger partial charge in [-0.05, 0) is 80.8 Å². The molecule has 0 aromatic rings. The van der Waals surface area contributed by atoms with E-state index < -0.39 is 13.9 Å². The number of ether oxygens (including phenoxy) is 1. The second kappa shape index (κ2) is 9.14. The van der Waals surface area contributed by atoms with Crippen molar-refractivity contribution in [2.24, 2.45) is 23.2 Å². The summed E-state index contributed by atoms with van der Waals surface area (Å²) in [6.45, 7) is 21.3. The lowest BCUT2D eigenvalue weighted by Gasteiger charge is -2.49. The molecule has 170 valence electrons. The number of aliphatic hydroxyl groups is 1. The van der Waals surface area contributed by atoms with E-state index in [2.05, 4.69) is 59.9 Å². The number of fused-ring (bicyclic) bond motifs is 1. The first-order valence-electron chi connectivity index (χ1n) is 11.8. The average molecular weight is 425 g/mol. The zero-order valence-corrected chi connectivity index (χ0v) is 21.7. The van der Waals surface area contributed by atoms with Gasteiger partial charge in [0.15, 0.2) is 8.32 Å². The molecule has 2 aliphatic carbocycles. The van der Waals surface area contributed by atoms with Crippen LogP contribution in [0, 0.1) is 23.2 Å². The normalized spacial score (nSPS) is 32.6. The van der Waals surface area contributed by atoms with Crippen LogP contribution in [0.25, 0.3) is 0 Å². The topological polar surface area (TPSA) is 38.7 Å². The van der Waals surface area contributed by atoms with Crippen molar-refractivity contribution in [2.45, 2.75) is 110 Å². The molecule has 1 N–H and O–H groups in total. The second-order valence-corrected chi connectivity index (χ2v) is 17.0. The molecule has 2 rings (SSSR count). The van der Waals surface area contributed by atoms with Crippen LogP contribution in [-0.2, 0) is 9.16 Å². The molecule has 0 bridgehead atoms. The molecule has 0 saturated heterocycles. The van der Waals surface area contributed by atoms with E-state index in [9.17, 15) is 5.11 Å². The maximum absolute atomic E-state index is 9.76. The lowest BCUT2D eigenvalue weighted by molar-refractivity contribution is -0.0168. The molecule has 2 aliphatic rings. The van der Waals surface area contributed by atoms with Gasteiger partial charge in [0, 0.05) is 6.10 Å². The van der Waals surface area contributed by atoms with Crippen LogP contribution in [0.15, 0.2) is 12.2 Å². The van der Waals surface area contributed by atoms with Gasteiger partial charge in [-0.15, -0.1) is 0 Å². The van der Waals surface area contributed by atoms with Gasteiger partial charge in [-0.1, -0.05) is 53.2 Å². The lowest BCUT2D eigenvalue weighted by atomic mass is 9.62. The number of hydrogen-bond acceptors (Lipinski definition) is 3. The molecule has 3 nitrogen and oxygen atoms in total. The molecular formula is C25H48O3Si. The lowest BCUT2D eigenvalue weighted by Crippen LogP contribution is -2.50. The van der Waals surface area contributed by atoms with E-state index in [0.717, 1.165) is 5.92 Å². The summed E-state index contributed by atoms with van der Waals surface area (Å²) in [7, 11) is -1.73. The number of allylic oxidation sites excluding steroid dienone is 1. The summed E-state index contributed by atoms with van der Waals surface area (Å²) < 4.78 is 12.6. The van der Waals surface area contributed by atoms with E-state index in [-0.39, 0.29) is 5.04 Å². The highest BCUT2D eigenvalue weighted by Gasteiger charge is 2.54. The molecule has 0 radical (unpaired) electrons. The Morgan fingerprint density at radius 2 is 1.79 bits per heavy atom. The Morgan fingerprint density at radius 1 is 1.14 bits per heavy atom. The molecule has 0 spiro atoms. The van der Waals surface area contributed by atoms with E-state index in [1.807, 2.05) is 0 Å². The van der Waals surface area contributed by atoms with Crippen LogP contribution in [0.5, 0.6) is 0 Å². The highest BCUT2D eigenvalue weighted by molar-refractivity contribution is 6.74. The third-order valence-electron chi connectivity index (χ3n) is 8.13. The van der Waals surface area contributed by atoms with E-state index in [1.54, 1.807) is 13.8 Å². The van der Waals surface area contributed by atoms with Gasteiger partial charge >= 0.3 is 0 Å². The minimum absolute atomic E-state index is 0.276. The van der Waals surface area contributed by atoms with Crippen molar-refractivity contribution in [1.29, 1.82) is 0 Å². The van der Waals surface area contributed by atoms with Crippen LogP contribution in [0.1, 0.15) is 80.6 Å². The molecule has 0 aromatic heterocycles. The van der Waals surface area contributed by atoms with Gasteiger partial charge in [-0.2, -0.15) is 0 Å². The summed E-state index contributed by atoms with van der Waals surface area (Å²) in [4.78, 5) is 0. The minimum Gasteiger partial charge on any atom is -0.414 e. The van der Waals surface area contributed by atoms with E-state index in [0.29, 0.717) is 36.6 Å². The van der Waals surface area contributed by atoms with Crippen LogP contribution < -0.4 is 0 Å². The summed E-state index contributed by atoms with van der Waals surface area (Å²) in [6.07, 6.45) is 11.5. The standard InChI is InChI=1S/C25H48O3Si/c1-19(12-11-17-27-18-24(5,6)26)20-14-15-21-22(13-10-16-25(20,21)7)28-29(8,9)23(2,3)4/h11-12,19-22,26H,10,13-18H2,1-9H3/b12-11+/t19-,20-,21-,22-,25+/m1/s1. The Labute approximate surface area is 181 Å². The van der Waals surface area contributed by atoms with Gasteiger partial charge in [-0.25, -0.2) is 0 Å². The van der Waals surface area contributed by atoms with E-state index in [1.165, 1.54) is 32.1 Å². The fraction of sp³-hybridized carbons (Fsp3) is 0.920. The summed E-state index contributed by atoms with van der Waals surface area (Å²) in [6, 6.07) is 0. The van der Waals surface area contributed by atoms with Crippen molar-refractivity contribution in [3.63, 3.8) is 0 Å². The third kappa shape index (κ3) is 6.18. The molecule has 4 heteroatoms. The smallest absolute Gasteiger partial charge is 0.192 e. The number of hydrogen-bond donors (Lipinski definition) is 1. The Balaban J connectivity index is 2.00. The van der Waals surface area contributed by atoms with E-state index in [4.69, 9.17) is 9.16 Å². The number of rotatable bonds is 8. The van der Waals surface area contributed by atoms with Crippen LogP contribution in [-0.4, -0.2) is 38.3 Å². The van der Waals surface area contributed by atoms with Gasteiger partial charge < -0.3 is 14.3 Å². The van der Waals surface area contributed by atoms with Crippen molar-refractivity contribution in [2.75, 3.05) is 13.2 Å². The predicted molar refractivity (Wildman–Crippen MR) is 126 cm³/mol. The van der Waals surface area contributed by atoms with Crippen molar-refractivity contribution in [3.8, 4) is 0 Å². The van der Waals surface area contributed by atoms with Crippen molar-refractivity contribution < 1.29 is 14.3 Å². The molecule has 29 heavy (non-hydrogen) atoms. The monoisotopic (exact) mass is 424 g/mol. The Hall–Kier alpha value is -0.163. The Morgan fingerprint density at radius 3 is 2.38 bits per heavy atom. The van der Waals surface area contributed by atoms with Crippen molar-refractivity contribution in [3.05, 3.63) is 12.2 Å². The maximum atomic E-state index is 9.76. The van der Waals surface area contributed by atoms with Gasteiger partial charge in [0.05, 0.1) is 18.8 Å². The van der Waals surface area contributed by atoms with Gasteiger partial charge in [0.1, 0.15) is 0 Å². The van der Waals surface area contributed by atoms with Crippen LogP contribution in [0.2, 0.25) is 18.1 Å². The SMILES string of the molecule is C[C@H](/C=C/COCC(C)(C)O)[C@H]1CC[C@@H]2[C@H](O[Si](C)(C)C(C)(C)C)CCC[C@@]12C. The zero-order chi connectivity index (χ0) is 22.1. The first-order chi connectivity index (χ1) is 13.2. The molecule has 0 aliphatic heterocycles. The van der Waals surface area contributed by atoms with Crippen LogP contribution in [0.4, 0.5) is 0 Å². The molecule has 0 aromatic carbocycles. The minimum atomic E-state index is -1.73. The van der Waals surface area contributed by atoms with Crippen LogP contribution in [0.3, 0.4) is 0 Å².